The Balaban J connectivity index is 0.00000288. The van der Waals surface area contributed by atoms with Crippen molar-refractivity contribution in [2.45, 2.75) is 119 Å². The summed E-state index contributed by atoms with van der Waals surface area (Å²) in [5, 5.41) is 4.87. The van der Waals surface area contributed by atoms with Crippen LogP contribution in [0.2, 0.25) is 8.76 Å². The van der Waals surface area contributed by atoms with Crippen LogP contribution in [0, 0.1) is 11.8 Å². The van der Waals surface area contributed by atoms with Gasteiger partial charge in [0.25, 0.3) is 0 Å². The third-order valence-corrected chi connectivity index (χ3v) is 39.2. The van der Waals surface area contributed by atoms with E-state index in [2.05, 4.69) is 145 Å². The van der Waals surface area contributed by atoms with Gasteiger partial charge in [0.05, 0.1) is 0 Å². The third-order valence-electron chi connectivity index (χ3n) is 16.3. The van der Waals surface area contributed by atoms with Gasteiger partial charge in [-0.05, 0) is 0 Å². The number of hydrogen-bond acceptors (Lipinski definition) is 0. The Morgan fingerprint density at radius 3 is 1.31 bits per heavy atom. The summed E-state index contributed by atoms with van der Waals surface area (Å²) in [5.74, 6) is 1.14. The molecule has 2 saturated carbocycles. The molecule has 0 heterocycles. The molecule has 0 amide bonds. The monoisotopic (exact) mass is 1010 g/mol. The average molecular weight is 1010 g/mol. The molecule has 0 saturated heterocycles. The van der Waals surface area contributed by atoms with Crippen LogP contribution in [0.15, 0.2) is 132 Å². The van der Waals surface area contributed by atoms with E-state index in [9.17, 15) is 0 Å². The summed E-state index contributed by atoms with van der Waals surface area (Å²) >= 11 is -4.90. The van der Waals surface area contributed by atoms with Crippen molar-refractivity contribution in [2.75, 3.05) is 0 Å². The molecule has 0 aromatic heterocycles. The van der Waals surface area contributed by atoms with Crippen molar-refractivity contribution in [3.8, 4) is 22.3 Å². The van der Waals surface area contributed by atoms with Gasteiger partial charge in [0.1, 0.15) is 0 Å². The minimum atomic E-state index is -4.90. The molecule has 0 spiro atoms. The van der Waals surface area contributed by atoms with Crippen LogP contribution in [0.3, 0.4) is 0 Å². The Hall–Kier alpha value is -3.21. The molecule has 0 nitrogen and oxygen atoms in total. The quantitative estimate of drug-likeness (QED) is 0.0948. The third kappa shape index (κ3) is 9.75. The van der Waals surface area contributed by atoms with Crippen LogP contribution < -0.4 is 0 Å². The summed E-state index contributed by atoms with van der Waals surface area (Å²) in [4.78, 5) is 0. The van der Waals surface area contributed by atoms with Crippen molar-refractivity contribution < 1.29 is 30.6 Å². The Bertz CT molecular complexity index is 2630. The Morgan fingerprint density at radius 1 is 0.508 bits per heavy atom. The van der Waals surface area contributed by atoms with Crippen LogP contribution in [0.4, 0.5) is 13.2 Å². The first kappa shape index (κ1) is 48.3. The van der Waals surface area contributed by atoms with Gasteiger partial charge in [-0.1, -0.05) is 0 Å². The Labute approximate surface area is 400 Å². The number of halogens is 5. The molecular weight excluding hydrogens is 944 g/mol. The van der Waals surface area contributed by atoms with Gasteiger partial charge in [-0.15, -0.1) is 24.8 Å². The molecule has 2 atom stereocenters. The van der Waals surface area contributed by atoms with Crippen molar-refractivity contribution in [1.29, 1.82) is 0 Å². The second-order valence-corrected chi connectivity index (χ2v) is 49.2. The van der Waals surface area contributed by atoms with Crippen LogP contribution in [-0.4, -0.2) is 13.1 Å². The van der Waals surface area contributed by atoms with E-state index in [1.807, 2.05) is 0 Å². The minimum absolute atomic E-state index is 0. The van der Waals surface area contributed by atoms with E-state index in [1.165, 1.54) is 154 Å². The van der Waals surface area contributed by atoms with Crippen molar-refractivity contribution >= 4 is 65.4 Å². The zero-order chi connectivity index (χ0) is 43.2. The van der Waals surface area contributed by atoms with Gasteiger partial charge in [0.2, 0.25) is 0 Å². The molecular formula is C58H65Cl2F3SiZr. The van der Waals surface area contributed by atoms with E-state index in [0.717, 1.165) is 12.8 Å². The fourth-order valence-electron chi connectivity index (χ4n) is 13.3. The molecule has 7 heteroatoms. The predicted molar refractivity (Wildman–Crippen MR) is 276 cm³/mol. The summed E-state index contributed by atoms with van der Waals surface area (Å²) in [5.41, 5.74) is 12.9. The van der Waals surface area contributed by atoms with E-state index in [0.29, 0.717) is 11.8 Å². The molecule has 0 radical (unpaired) electrons. The summed E-state index contributed by atoms with van der Waals surface area (Å²) in [6.45, 7) is 2.17. The molecule has 0 aliphatic heterocycles. The SMILES string of the molecule is Cl.Cl.[CH3][Zr](=[SiH2])([CH2]CC(F)(F)F)([CH]1C(CC2CCCCCC2)=Cc2c(-c3ccc4ccccc4c3)cccc21)[CH]1C(CC2CCCCCC2)=Cc2c(-c3ccc4ccccc4c3)cccc21. The summed E-state index contributed by atoms with van der Waals surface area (Å²) < 4.78 is 48.4. The first-order chi connectivity index (χ1) is 30.5. The molecule has 65 heavy (non-hydrogen) atoms. The van der Waals surface area contributed by atoms with Crippen molar-refractivity contribution in [1.82, 2.24) is 0 Å². The fourth-order valence-corrected chi connectivity index (χ4v) is 37.0. The zero-order valence-electron chi connectivity index (χ0n) is 38.0. The fraction of sp³-hybridized carbons (Fsp3) is 0.379. The van der Waals surface area contributed by atoms with Gasteiger partial charge in [-0.25, -0.2) is 0 Å². The van der Waals surface area contributed by atoms with Gasteiger partial charge in [0, 0.05) is 0 Å². The van der Waals surface area contributed by atoms with Crippen LogP contribution in [0.1, 0.15) is 126 Å². The molecule has 6 aromatic carbocycles. The van der Waals surface area contributed by atoms with E-state index < -0.39 is 30.0 Å². The molecule has 10 rings (SSSR count). The van der Waals surface area contributed by atoms with Crippen molar-refractivity contribution in [3.05, 3.63) is 155 Å². The number of fused-ring (bicyclic) bond motifs is 4. The molecule has 2 fully saturated rings. The van der Waals surface area contributed by atoms with Gasteiger partial charge in [-0.3, -0.25) is 0 Å². The van der Waals surface area contributed by atoms with Crippen LogP contribution >= 0.6 is 24.8 Å². The second kappa shape index (κ2) is 19.8. The molecule has 2 unspecified atom stereocenters. The maximum atomic E-state index is 15.2. The topological polar surface area (TPSA) is 0 Å². The molecule has 0 bridgehead atoms. The van der Waals surface area contributed by atoms with Crippen LogP contribution in [-0.2, 0) is 17.4 Å². The normalized spacial score (nSPS) is 19.6. The van der Waals surface area contributed by atoms with Gasteiger partial charge >= 0.3 is 378 Å². The summed E-state index contributed by atoms with van der Waals surface area (Å²) in [6.07, 6.45) is 17.2. The standard InChI is InChI=1S/2C27H27.C3H4F3.CH3.2ClH.H2Si.Zr/c2*1-2-4-9-20(8-3-1)16-21-17-24-12-7-13-26(27(24)18-21)25-15-14-22-10-5-6-11-23(22)19-25;1-2-3(4,5)6;;;;;/h2*5-7,10-15,17-20H,1-4,8-9,16H2;1-2H2;1H3;2*1H;1H2;. The van der Waals surface area contributed by atoms with Crippen LogP contribution in [0.25, 0.3) is 56.0 Å². The summed E-state index contributed by atoms with van der Waals surface area (Å²) in [6, 6.07) is 44.4. The number of allylic oxidation sites excluding steroid dienone is 2. The molecule has 4 aliphatic carbocycles. The first-order valence-electron chi connectivity index (χ1n) is 24.3. The van der Waals surface area contributed by atoms with E-state index in [-0.39, 0.29) is 36.2 Å². The number of benzene rings is 6. The van der Waals surface area contributed by atoms with Gasteiger partial charge < -0.3 is 0 Å². The van der Waals surface area contributed by atoms with Crippen LogP contribution in [0.5, 0.6) is 0 Å². The molecule has 0 N–H and O–H groups in total. The zero-order valence-corrected chi connectivity index (χ0v) is 43.5. The average Bonchev–Trinajstić information content (AvgIpc) is 3.60. The first-order valence-corrected chi connectivity index (χ1v) is 37.2. The molecule has 4 aliphatic rings. The van der Waals surface area contributed by atoms with Gasteiger partial charge in [0.15, 0.2) is 0 Å². The van der Waals surface area contributed by atoms with Crippen molar-refractivity contribution in [3.63, 3.8) is 0 Å². The van der Waals surface area contributed by atoms with Crippen molar-refractivity contribution in [2.24, 2.45) is 11.8 Å². The predicted octanol–water partition coefficient (Wildman–Crippen LogP) is 18.1. The number of alkyl halides is 3. The Kier molecular flexibility index (Phi) is 14.7. The Morgan fingerprint density at radius 2 is 0.908 bits per heavy atom. The molecule has 340 valence electrons. The van der Waals surface area contributed by atoms with Gasteiger partial charge in [-0.2, -0.15) is 0 Å². The summed E-state index contributed by atoms with van der Waals surface area (Å²) in [7, 11) is 0. The number of rotatable bonds is 10. The maximum absolute atomic E-state index is 15.2. The molecule has 6 aromatic rings. The van der Waals surface area contributed by atoms with E-state index in [1.54, 1.807) is 0 Å². The second-order valence-electron chi connectivity index (χ2n) is 20.8. The van der Waals surface area contributed by atoms with E-state index in [4.69, 9.17) is 0 Å². The van der Waals surface area contributed by atoms with E-state index >= 15 is 13.2 Å². The number of hydrogen-bond donors (Lipinski definition) is 0.